The Morgan fingerprint density at radius 3 is 2.36 bits per heavy atom. The van der Waals surface area contributed by atoms with Crippen LogP contribution >= 0.6 is 0 Å². The maximum atomic E-state index is 5.65. The zero-order chi connectivity index (χ0) is 10.6. The minimum atomic E-state index is 0.722. The summed E-state index contributed by atoms with van der Waals surface area (Å²) in [5.74, 6) is 1.00. The highest BCUT2D eigenvalue weighted by Gasteiger charge is 2.01. The van der Waals surface area contributed by atoms with Gasteiger partial charge in [0.2, 0.25) is 0 Å². The molecule has 1 rings (SSSR count). The highest BCUT2D eigenvalue weighted by atomic mass is 16.5. The number of rotatable bonds is 4. The van der Waals surface area contributed by atoms with Gasteiger partial charge in [0.15, 0.2) is 0 Å². The van der Waals surface area contributed by atoms with Crippen molar-refractivity contribution in [3.8, 4) is 5.75 Å². The first-order chi connectivity index (χ1) is 6.65. The summed E-state index contributed by atoms with van der Waals surface area (Å²) in [4.78, 5) is 0. The average Bonchev–Trinajstić information content (AvgIpc) is 2.14. The molecule has 2 nitrogen and oxygen atoms in total. The molecule has 1 aromatic carbocycles. The van der Waals surface area contributed by atoms with E-state index >= 15 is 0 Å². The molecule has 0 spiro atoms. The Morgan fingerprint density at radius 2 is 1.71 bits per heavy atom. The van der Waals surface area contributed by atoms with Gasteiger partial charge in [-0.3, -0.25) is 0 Å². The highest BCUT2D eigenvalue weighted by molar-refractivity contribution is 5.40. The minimum Gasteiger partial charge on any atom is -0.492 e. The molecule has 0 saturated carbocycles. The predicted molar refractivity (Wildman–Crippen MR) is 60.1 cm³/mol. The molecule has 1 aromatic rings. The van der Waals surface area contributed by atoms with Crippen molar-refractivity contribution < 1.29 is 4.74 Å². The first-order valence-electron chi connectivity index (χ1n) is 5.00. The van der Waals surface area contributed by atoms with Gasteiger partial charge in [-0.15, -0.1) is 0 Å². The Hall–Kier alpha value is -1.02. The molecule has 14 heavy (non-hydrogen) atoms. The number of likely N-dealkylation sites (N-methyl/N-ethyl adjacent to an activating group) is 1. The van der Waals surface area contributed by atoms with Crippen LogP contribution in [0.1, 0.15) is 16.7 Å². The Morgan fingerprint density at radius 1 is 1.07 bits per heavy atom. The van der Waals surface area contributed by atoms with Crippen LogP contribution in [-0.4, -0.2) is 20.2 Å². The zero-order valence-electron chi connectivity index (χ0n) is 9.48. The van der Waals surface area contributed by atoms with E-state index in [1.807, 2.05) is 7.05 Å². The quantitative estimate of drug-likeness (QED) is 0.740. The van der Waals surface area contributed by atoms with Gasteiger partial charge in [0.1, 0.15) is 12.4 Å². The smallest absolute Gasteiger partial charge is 0.122 e. The van der Waals surface area contributed by atoms with E-state index in [4.69, 9.17) is 4.74 Å². The number of benzene rings is 1. The van der Waals surface area contributed by atoms with E-state index in [-0.39, 0.29) is 0 Å². The van der Waals surface area contributed by atoms with Crippen molar-refractivity contribution in [2.45, 2.75) is 20.8 Å². The van der Waals surface area contributed by atoms with Crippen LogP contribution < -0.4 is 10.1 Å². The average molecular weight is 193 g/mol. The second kappa shape index (κ2) is 5.01. The summed E-state index contributed by atoms with van der Waals surface area (Å²) in [5, 5.41) is 3.06. The molecule has 0 heterocycles. The standard InChI is InChI=1S/C12H19NO/c1-9-7-11(3)12(8-10(9)2)14-6-5-13-4/h7-8,13H,5-6H2,1-4H3. The molecule has 0 radical (unpaired) electrons. The summed E-state index contributed by atoms with van der Waals surface area (Å²) < 4.78 is 5.65. The number of nitrogens with one attached hydrogen (secondary N) is 1. The molecule has 1 N–H and O–H groups in total. The fourth-order valence-electron chi connectivity index (χ4n) is 1.35. The summed E-state index contributed by atoms with van der Waals surface area (Å²) >= 11 is 0. The molecular formula is C12H19NO. The highest BCUT2D eigenvalue weighted by Crippen LogP contribution is 2.21. The number of hydrogen-bond donors (Lipinski definition) is 1. The van der Waals surface area contributed by atoms with Crippen molar-refractivity contribution in [1.29, 1.82) is 0 Å². The fourth-order valence-corrected chi connectivity index (χ4v) is 1.35. The van der Waals surface area contributed by atoms with Crippen molar-refractivity contribution in [3.05, 3.63) is 28.8 Å². The van der Waals surface area contributed by atoms with E-state index in [2.05, 4.69) is 38.2 Å². The minimum absolute atomic E-state index is 0.722. The molecule has 0 fully saturated rings. The van der Waals surface area contributed by atoms with Crippen LogP contribution in [0.15, 0.2) is 12.1 Å². The third-order valence-corrected chi connectivity index (χ3v) is 2.40. The monoisotopic (exact) mass is 193 g/mol. The van der Waals surface area contributed by atoms with Crippen LogP contribution in [0.25, 0.3) is 0 Å². The molecule has 2 heteroatoms. The van der Waals surface area contributed by atoms with Gasteiger partial charge in [0.25, 0.3) is 0 Å². The molecule has 0 aliphatic heterocycles. The largest absolute Gasteiger partial charge is 0.492 e. The Kier molecular flexibility index (Phi) is 3.96. The molecule has 0 amide bonds. The van der Waals surface area contributed by atoms with Crippen LogP contribution in [0, 0.1) is 20.8 Å². The van der Waals surface area contributed by atoms with Gasteiger partial charge >= 0.3 is 0 Å². The molecule has 0 aromatic heterocycles. The van der Waals surface area contributed by atoms with Gasteiger partial charge in [-0.2, -0.15) is 0 Å². The summed E-state index contributed by atoms with van der Waals surface area (Å²) in [6.45, 7) is 7.92. The van der Waals surface area contributed by atoms with Crippen LogP contribution in [0.5, 0.6) is 5.75 Å². The van der Waals surface area contributed by atoms with Crippen molar-refractivity contribution >= 4 is 0 Å². The molecule has 0 aliphatic carbocycles. The Labute approximate surface area is 86.3 Å². The van der Waals surface area contributed by atoms with E-state index in [1.54, 1.807) is 0 Å². The Bertz CT molecular complexity index is 307. The Balaban J connectivity index is 2.72. The van der Waals surface area contributed by atoms with E-state index < -0.39 is 0 Å². The van der Waals surface area contributed by atoms with Gasteiger partial charge in [-0.1, -0.05) is 6.07 Å². The van der Waals surface area contributed by atoms with Crippen molar-refractivity contribution in [2.24, 2.45) is 0 Å². The second-order valence-electron chi connectivity index (χ2n) is 3.65. The normalized spacial score (nSPS) is 10.3. The van der Waals surface area contributed by atoms with Crippen LogP contribution in [0.4, 0.5) is 0 Å². The topological polar surface area (TPSA) is 21.3 Å². The molecule has 0 unspecified atom stereocenters. The van der Waals surface area contributed by atoms with E-state index in [1.165, 1.54) is 16.7 Å². The first-order valence-corrected chi connectivity index (χ1v) is 5.00. The number of ether oxygens (including phenoxy) is 1. The van der Waals surface area contributed by atoms with E-state index in [0.717, 1.165) is 18.9 Å². The maximum absolute atomic E-state index is 5.65. The first kappa shape index (κ1) is 11.1. The lowest BCUT2D eigenvalue weighted by Gasteiger charge is -2.11. The summed E-state index contributed by atoms with van der Waals surface area (Å²) in [6, 6.07) is 4.28. The lowest BCUT2D eigenvalue weighted by Crippen LogP contribution is -2.16. The number of aryl methyl sites for hydroxylation is 3. The molecular weight excluding hydrogens is 174 g/mol. The van der Waals surface area contributed by atoms with Gasteiger partial charge in [0.05, 0.1) is 0 Å². The molecule has 0 bridgehead atoms. The second-order valence-corrected chi connectivity index (χ2v) is 3.65. The number of hydrogen-bond acceptors (Lipinski definition) is 2. The lowest BCUT2D eigenvalue weighted by atomic mass is 10.1. The predicted octanol–water partition coefficient (Wildman–Crippen LogP) is 2.21. The van der Waals surface area contributed by atoms with Gasteiger partial charge in [-0.05, 0) is 50.6 Å². The molecule has 0 saturated heterocycles. The lowest BCUT2D eigenvalue weighted by molar-refractivity contribution is 0.316. The molecule has 78 valence electrons. The fraction of sp³-hybridized carbons (Fsp3) is 0.500. The van der Waals surface area contributed by atoms with Crippen molar-refractivity contribution in [3.63, 3.8) is 0 Å². The van der Waals surface area contributed by atoms with Crippen molar-refractivity contribution in [1.82, 2.24) is 5.32 Å². The van der Waals surface area contributed by atoms with Gasteiger partial charge in [-0.25, -0.2) is 0 Å². The summed E-state index contributed by atoms with van der Waals surface area (Å²) in [6.07, 6.45) is 0. The summed E-state index contributed by atoms with van der Waals surface area (Å²) in [7, 11) is 1.93. The van der Waals surface area contributed by atoms with Crippen LogP contribution in [-0.2, 0) is 0 Å². The summed E-state index contributed by atoms with van der Waals surface area (Å²) in [5.41, 5.74) is 3.82. The SMILES string of the molecule is CNCCOc1cc(C)c(C)cc1C. The third-order valence-electron chi connectivity index (χ3n) is 2.40. The van der Waals surface area contributed by atoms with Crippen LogP contribution in [0.2, 0.25) is 0 Å². The van der Waals surface area contributed by atoms with Crippen LogP contribution in [0.3, 0.4) is 0 Å². The zero-order valence-corrected chi connectivity index (χ0v) is 9.48. The maximum Gasteiger partial charge on any atom is 0.122 e. The van der Waals surface area contributed by atoms with Gasteiger partial charge < -0.3 is 10.1 Å². The van der Waals surface area contributed by atoms with E-state index in [0.29, 0.717) is 0 Å². The van der Waals surface area contributed by atoms with E-state index in [9.17, 15) is 0 Å². The van der Waals surface area contributed by atoms with Gasteiger partial charge in [0, 0.05) is 6.54 Å². The third kappa shape index (κ3) is 2.74. The molecule has 0 aliphatic rings. The van der Waals surface area contributed by atoms with Crippen molar-refractivity contribution in [2.75, 3.05) is 20.2 Å². The molecule has 0 atom stereocenters.